The highest BCUT2D eigenvalue weighted by molar-refractivity contribution is 7.99. The predicted molar refractivity (Wildman–Crippen MR) is 75.8 cm³/mol. The number of benzene rings is 1. The van der Waals surface area contributed by atoms with Crippen LogP contribution in [-0.4, -0.2) is 32.1 Å². The van der Waals surface area contributed by atoms with Crippen LogP contribution in [0.5, 0.6) is 11.5 Å². The van der Waals surface area contributed by atoms with Gasteiger partial charge in [0.1, 0.15) is 13.2 Å². The molecule has 1 heterocycles. The second kappa shape index (κ2) is 6.71. The van der Waals surface area contributed by atoms with Crippen LogP contribution in [0.25, 0.3) is 0 Å². The lowest BCUT2D eigenvalue weighted by atomic mass is 10.3. The molecule has 1 aromatic rings. The Morgan fingerprint density at radius 1 is 1.33 bits per heavy atom. The molecule has 0 amide bonds. The van der Waals surface area contributed by atoms with Crippen LogP contribution in [0.3, 0.4) is 0 Å². The molecule has 1 N–H and O–H groups in total. The summed E-state index contributed by atoms with van der Waals surface area (Å²) in [4.78, 5) is 1.19. The van der Waals surface area contributed by atoms with E-state index in [1.54, 1.807) is 11.8 Å². The van der Waals surface area contributed by atoms with Gasteiger partial charge in [0, 0.05) is 17.2 Å². The van der Waals surface area contributed by atoms with E-state index in [-0.39, 0.29) is 0 Å². The maximum Gasteiger partial charge on any atom is 0.162 e. The molecule has 0 atom stereocenters. The van der Waals surface area contributed by atoms with Gasteiger partial charge in [0.05, 0.1) is 0 Å². The van der Waals surface area contributed by atoms with Crippen LogP contribution in [0.15, 0.2) is 35.2 Å². The van der Waals surface area contributed by atoms with Crippen molar-refractivity contribution in [2.75, 3.05) is 32.1 Å². The number of likely N-dealkylation sites (N-methyl/N-ethyl adjacent to an activating group) is 1. The maximum atomic E-state index is 5.56. The van der Waals surface area contributed by atoms with Gasteiger partial charge >= 0.3 is 0 Å². The van der Waals surface area contributed by atoms with Crippen molar-refractivity contribution in [1.29, 1.82) is 0 Å². The minimum absolute atomic E-state index is 0.633. The minimum atomic E-state index is 0.633. The van der Waals surface area contributed by atoms with Gasteiger partial charge in [0.2, 0.25) is 0 Å². The van der Waals surface area contributed by atoms with Crippen LogP contribution in [0.1, 0.15) is 6.92 Å². The summed E-state index contributed by atoms with van der Waals surface area (Å²) in [5.74, 6) is 2.62. The zero-order chi connectivity index (χ0) is 12.8. The summed E-state index contributed by atoms with van der Waals surface area (Å²) >= 11 is 1.78. The SMILES string of the molecule is C=C(CNCC)CSc1ccc2c(c1)OCCO2. The fourth-order valence-corrected chi connectivity index (χ4v) is 2.48. The van der Waals surface area contributed by atoms with Crippen LogP contribution < -0.4 is 14.8 Å². The van der Waals surface area contributed by atoms with Gasteiger partial charge in [0.25, 0.3) is 0 Å². The number of ether oxygens (including phenoxy) is 2. The predicted octanol–water partition coefficient (Wildman–Crippen LogP) is 2.72. The standard InChI is InChI=1S/C14H19NO2S/c1-3-15-9-11(2)10-18-12-4-5-13-14(8-12)17-7-6-16-13/h4-5,8,15H,2-3,6-7,9-10H2,1H3. The monoisotopic (exact) mass is 265 g/mol. The Balaban J connectivity index is 1.88. The van der Waals surface area contributed by atoms with Crippen LogP contribution in [0, 0.1) is 0 Å². The van der Waals surface area contributed by atoms with E-state index in [1.807, 2.05) is 12.1 Å². The molecule has 98 valence electrons. The molecule has 3 nitrogen and oxygen atoms in total. The average molecular weight is 265 g/mol. The molecule has 2 rings (SSSR count). The van der Waals surface area contributed by atoms with E-state index >= 15 is 0 Å². The van der Waals surface area contributed by atoms with Crippen LogP contribution >= 0.6 is 11.8 Å². The molecular weight excluding hydrogens is 246 g/mol. The first-order chi connectivity index (χ1) is 8.79. The van der Waals surface area contributed by atoms with Crippen molar-refractivity contribution < 1.29 is 9.47 Å². The third-order valence-corrected chi connectivity index (χ3v) is 3.72. The molecule has 0 bridgehead atoms. The first kappa shape index (κ1) is 13.3. The summed E-state index contributed by atoms with van der Waals surface area (Å²) in [7, 11) is 0. The van der Waals surface area contributed by atoms with Gasteiger partial charge in [-0.25, -0.2) is 0 Å². The molecule has 0 saturated heterocycles. The van der Waals surface area contributed by atoms with E-state index in [9.17, 15) is 0 Å². The smallest absolute Gasteiger partial charge is 0.162 e. The van der Waals surface area contributed by atoms with E-state index in [2.05, 4.69) is 24.9 Å². The third-order valence-electron chi connectivity index (χ3n) is 2.58. The van der Waals surface area contributed by atoms with Gasteiger partial charge < -0.3 is 14.8 Å². The Kier molecular flexibility index (Phi) is 4.96. The topological polar surface area (TPSA) is 30.5 Å². The zero-order valence-corrected chi connectivity index (χ0v) is 11.5. The average Bonchev–Trinajstić information content (AvgIpc) is 2.42. The molecule has 1 aromatic carbocycles. The fourth-order valence-electron chi connectivity index (χ4n) is 1.65. The normalized spacial score (nSPS) is 13.4. The second-order valence-corrected chi connectivity index (χ2v) is 5.17. The summed E-state index contributed by atoms with van der Waals surface area (Å²) < 4.78 is 11.1. The number of fused-ring (bicyclic) bond motifs is 1. The van der Waals surface area contributed by atoms with Crippen LogP contribution in [-0.2, 0) is 0 Å². The number of thioether (sulfide) groups is 1. The molecule has 0 fully saturated rings. The summed E-state index contributed by atoms with van der Waals surface area (Å²) in [5, 5.41) is 3.28. The maximum absolute atomic E-state index is 5.56. The summed E-state index contributed by atoms with van der Waals surface area (Å²) in [6, 6.07) is 6.09. The van der Waals surface area contributed by atoms with Crippen LogP contribution in [0.4, 0.5) is 0 Å². The van der Waals surface area contributed by atoms with Gasteiger partial charge in [-0.2, -0.15) is 0 Å². The molecule has 0 saturated carbocycles. The minimum Gasteiger partial charge on any atom is -0.486 e. The molecule has 0 radical (unpaired) electrons. The molecule has 4 heteroatoms. The van der Waals surface area contributed by atoms with Crippen molar-refractivity contribution in [3.8, 4) is 11.5 Å². The Bertz CT molecular complexity index is 420. The Labute approximate surface area is 113 Å². The van der Waals surface area contributed by atoms with Crippen molar-refractivity contribution in [1.82, 2.24) is 5.32 Å². The van der Waals surface area contributed by atoms with Crippen molar-refractivity contribution in [2.24, 2.45) is 0 Å². The number of hydrogen-bond donors (Lipinski definition) is 1. The quantitative estimate of drug-likeness (QED) is 0.633. The molecule has 0 spiro atoms. The van der Waals surface area contributed by atoms with Crippen molar-refractivity contribution >= 4 is 11.8 Å². The summed E-state index contributed by atoms with van der Waals surface area (Å²) in [6.07, 6.45) is 0. The van der Waals surface area contributed by atoms with Gasteiger partial charge in [-0.05, 0) is 24.7 Å². The van der Waals surface area contributed by atoms with Gasteiger partial charge in [0.15, 0.2) is 11.5 Å². The van der Waals surface area contributed by atoms with E-state index in [1.165, 1.54) is 10.5 Å². The second-order valence-electron chi connectivity index (χ2n) is 4.12. The molecule has 18 heavy (non-hydrogen) atoms. The van der Waals surface area contributed by atoms with Gasteiger partial charge in [-0.3, -0.25) is 0 Å². The molecule has 0 unspecified atom stereocenters. The fraction of sp³-hybridized carbons (Fsp3) is 0.429. The Morgan fingerprint density at radius 2 is 2.11 bits per heavy atom. The van der Waals surface area contributed by atoms with E-state index in [0.29, 0.717) is 13.2 Å². The highest BCUT2D eigenvalue weighted by Gasteiger charge is 2.11. The first-order valence-electron chi connectivity index (χ1n) is 6.19. The largest absolute Gasteiger partial charge is 0.486 e. The van der Waals surface area contributed by atoms with E-state index in [4.69, 9.17) is 9.47 Å². The number of rotatable bonds is 6. The zero-order valence-electron chi connectivity index (χ0n) is 10.7. The summed E-state index contributed by atoms with van der Waals surface area (Å²) in [5.41, 5.74) is 1.21. The number of hydrogen-bond acceptors (Lipinski definition) is 4. The first-order valence-corrected chi connectivity index (χ1v) is 7.18. The van der Waals surface area contributed by atoms with Gasteiger partial charge in [-0.1, -0.05) is 19.1 Å². The molecule has 0 aliphatic carbocycles. The van der Waals surface area contributed by atoms with Crippen LogP contribution in [0.2, 0.25) is 0 Å². The van der Waals surface area contributed by atoms with E-state index in [0.717, 1.165) is 30.3 Å². The molecule has 0 aromatic heterocycles. The van der Waals surface area contributed by atoms with Crippen molar-refractivity contribution in [2.45, 2.75) is 11.8 Å². The summed E-state index contributed by atoms with van der Waals surface area (Å²) in [6.45, 7) is 9.29. The third kappa shape index (κ3) is 3.68. The Morgan fingerprint density at radius 3 is 2.89 bits per heavy atom. The lowest BCUT2D eigenvalue weighted by Crippen LogP contribution is -2.16. The molecule has 1 aliphatic rings. The van der Waals surface area contributed by atoms with Crippen molar-refractivity contribution in [3.63, 3.8) is 0 Å². The lowest BCUT2D eigenvalue weighted by molar-refractivity contribution is 0.171. The highest BCUT2D eigenvalue weighted by Crippen LogP contribution is 2.34. The van der Waals surface area contributed by atoms with Crippen molar-refractivity contribution in [3.05, 3.63) is 30.4 Å². The molecule has 1 aliphatic heterocycles. The number of nitrogens with one attached hydrogen (secondary N) is 1. The lowest BCUT2D eigenvalue weighted by Gasteiger charge is -2.18. The molecular formula is C14H19NO2S. The van der Waals surface area contributed by atoms with Gasteiger partial charge in [-0.15, -0.1) is 11.8 Å². The highest BCUT2D eigenvalue weighted by atomic mass is 32.2. The van der Waals surface area contributed by atoms with E-state index < -0.39 is 0 Å². The Hall–Kier alpha value is -1.13.